The van der Waals surface area contributed by atoms with Gasteiger partial charge in [0.25, 0.3) is 0 Å². The van der Waals surface area contributed by atoms with E-state index in [1.807, 2.05) is 0 Å². The largest absolute Gasteiger partial charge is 0.340 e. The molecule has 0 bridgehead atoms. The number of hydrogen-bond acceptors (Lipinski definition) is 0. The molecule has 2 aromatic heterocycles. The first-order valence-corrected chi connectivity index (χ1v) is 14.2. The van der Waals surface area contributed by atoms with E-state index < -0.39 is 0 Å². The van der Waals surface area contributed by atoms with Gasteiger partial charge in [-0.25, -0.2) is 0 Å². The maximum atomic E-state index is 2.52. The Kier molecular flexibility index (Phi) is 6.28. The first-order chi connectivity index (χ1) is 16.7. The Bertz CT molecular complexity index is 1520. The molecular formula is C30H26I2N2. The molecule has 0 saturated carbocycles. The summed E-state index contributed by atoms with van der Waals surface area (Å²) in [5.74, 6) is 0. The van der Waals surface area contributed by atoms with Crippen LogP contribution in [0.3, 0.4) is 0 Å². The Balaban J connectivity index is 1.15. The Labute approximate surface area is 227 Å². The van der Waals surface area contributed by atoms with Crippen LogP contribution >= 0.6 is 45.2 Å². The van der Waals surface area contributed by atoms with Gasteiger partial charge in [-0.05, 0) is 107 Å². The van der Waals surface area contributed by atoms with Crippen LogP contribution in [0.4, 0.5) is 0 Å². The molecule has 6 aromatic rings. The molecule has 34 heavy (non-hydrogen) atoms. The second kappa shape index (κ2) is 9.53. The summed E-state index contributed by atoms with van der Waals surface area (Å²) in [7, 11) is 0. The quantitative estimate of drug-likeness (QED) is 0.119. The summed E-state index contributed by atoms with van der Waals surface area (Å²) in [6, 6.07) is 31.4. The van der Waals surface area contributed by atoms with Crippen LogP contribution in [0.2, 0.25) is 0 Å². The third kappa shape index (κ3) is 4.02. The highest BCUT2D eigenvalue weighted by Crippen LogP contribution is 2.32. The van der Waals surface area contributed by atoms with Crippen molar-refractivity contribution >= 4 is 88.8 Å². The molecule has 2 heterocycles. The van der Waals surface area contributed by atoms with Crippen molar-refractivity contribution in [3.63, 3.8) is 0 Å². The summed E-state index contributed by atoms with van der Waals surface area (Å²) >= 11 is 4.84. The Morgan fingerprint density at radius 3 is 1.32 bits per heavy atom. The van der Waals surface area contributed by atoms with Gasteiger partial charge in [0.2, 0.25) is 0 Å². The van der Waals surface area contributed by atoms with Crippen molar-refractivity contribution in [3.05, 3.63) is 92.1 Å². The summed E-state index contributed by atoms with van der Waals surface area (Å²) < 4.78 is 7.64. The average Bonchev–Trinajstić information content (AvgIpc) is 3.33. The molecule has 0 fully saturated rings. The number of aromatic nitrogens is 2. The van der Waals surface area contributed by atoms with Gasteiger partial charge in [-0.2, -0.15) is 0 Å². The third-order valence-corrected chi connectivity index (χ3v) is 8.32. The van der Waals surface area contributed by atoms with Crippen molar-refractivity contribution in [1.29, 1.82) is 0 Å². The Morgan fingerprint density at radius 1 is 0.441 bits per heavy atom. The molecule has 0 N–H and O–H groups in total. The van der Waals surface area contributed by atoms with E-state index in [9.17, 15) is 0 Å². The molecule has 4 heteroatoms. The molecule has 0 amide bonds. The number of unbranched alkanes of at least 4 members (excludes halogenated alkanes) is 3. The highest BCUT2D eigenvalue weighted by Gasteiger charge is 2.12. The lowest BCUT2D eigenvalue weighted by Gasteiger charge is -2.09. The monoisotopic (exact) mass is 668 g/mol. The fourth-order valence-electron chi connectivity index (χ4n) is 5.43. The molecular weight excluding hydrogens is 642 g/mol. The summed E-state index contributed by atoms with van der Waals surface area (Å²) in [6.07, 6.45) is 4.94. The number of fused-ring (bicyclic) bond motifs is 6. The van der Waals surface area contributed by atoms with Crippen LogP contribution in [-0.4, -0.2) is 9.13 Å². The van der Waals surface area contributed by atoms with Crippen LogP contribution in [0, 0.1) is 7.14 Å². The molecule has 0 unspecified atom stereocenters. The second-order valence-electron chi connectivity index (χ2n) is 9.07. The normalized spacial score (nSPS) is 11.9. The molecule has 6 rings (SSSR count). The first-order valence-electron chi connectivity index (χ1n) is 12.0. The molecule has 170 valence electrons. The lowest BCUT2D eigenvalue weighted by atomic mass is 10.2. The average molecular weight is 668 g/mol. The van der Waals surface area contributed by atoms with Gasteiger partial charge in [0.1, 0.15) is 0 Å². The highest BCUT2D eigenvalue weighted by molar-refractivity contribution is 14.1. The maximum Gasteiger partial charge on any atom is 0.0492 e. The summed E-state index contributed by atoms with van der Waals surface area (Å²) in [5.41, 5.74) is 5.45. The molecule has 0 aliphatic carbocycles. The van der Waals surface area contributed by atoms with Crippen molar-refractivity contribution in [3.8, 4) is 0 Å². The molecule has 0 atom stereocenters. The van der Waals surface area contributed by atoms with E-state index in [0.29, 0.717) is 0 Å². The van der Waals surface area contributed by atoms with Crippen molar-refractivity contribution in [2.75, 3.05) is 0 Å². The molecule has 0 aliphatic rings. The minimum absolute atomic E-state index is 1.08. The van der Waals surface area contributed by atoms with E-state index >= 15 is 0 Å². The van der Waals surface area contributed by atoms with Gasteiger partial charge in [-0.15, -0.1) is 0 Å². The van der Waals surface area contributed by atoms with E-state index in [2.05, 4.69) is 139 Å². The van der Waals surface area contributed by atoms with Gasteiger partial charge in [-0.1, -0.05) is 49.2 Å². The van der Waals surface area contributed by atoms with Crippen molar-refractivity contribution < 1.29 is 0 Å². The summed E-state index contributed by atoms with van der Waals surface area (Å²) in [4.78, 5) is 0. The molecule has 2 nitrogen and oxygen atoms in total. The molecule has 0 saturated heterocycles. The number of halogens is 2. The fraction of sp³-hybridized carbons (Fsp3) is 0.200. The highest BCUT2D eigenvalue weighted by atomic mass is 127. The zero-order valence-corrected chi connectivity index (χ0v) is 23.3. The van der Waals surface area contributed by atoms with Gasteiger partial charge in [0.15, 0.2) is 0 Å². The SMILES string of the molecule is Ic1ccc2c(c1)c1ccccc1n2CCCCCCn1c2ccccc2c2cc(I)ccc21. The summed E-state index contributed by atoms with van der Waals surface area (Å²) in [6.45, 7) is 2.16. The van der Waals surface area contributed by atoms with Gasteiger partial charge in [-0.3, -0.25) is 0 Å². The van der Waals surface area contributed by atoms with Crippen molar-refractivity contribution in [1.82, 2.24) is 9.13 Å². The number of nitrogens with zero attached hydrogens (tertiary/aromatic N) is 2. The topological polar surface area (TPSA) is 9.86 Å². The molecule has 0 radical (unpaired) electrons. The zero-order chi connectivity index (χ0) is 23.1. The van der Waals surface area contributed by atoms with Gasteiger partial charge in [0.05, 0.1) is 0 Å². The number of benzene rings is 4. The van der Waals surface area contributed by atoms with E-state index in [0.717, 1.165) is 13.1 Å². The van der Waals surface area contributed by atoms with Gasteiger partial charge in [0, 0.05) is 63.8 Å². The van der Waals surface area contributed by atoms with Crippen LogP contribution in [0.1, 0.15) is 25.7 Å². The third-order valence-electron chi connectivity index (χ3n) is 6.98. The first kappa shape index (κ1) is 22.4. The Morgan fingerprint density at radius 2 is 0.853 bits per heavy atom. The lowest BCUT2D eigenvalue weighted by molar-refractivity contribution is 0.559. The zero-order valence-electron chi connectivity index (χ0n) is 19.0. The fourth-order valence-corrected chi connectivity index (χ4v) is 6.41. The van der Waals surface area contributed by atoms with E-state index in [4.69, 9.17) is 0 Å². The standard InChI is InChI=1S/C30H26I2N2/c31-21-13-15-29-25(19-21)23-9-3-5-11-27(23)33(29)17-7-1-2-8-18-34-28-12-6-4-10-24(28)26-20-22(32)14-16-30(26)34/h3-6,9-16,19-20H,1-2,7-8,17-18H2. The van der Waals surface area contributed by atoms with E-state index in [1.165, 1.54) is 76.4 Å². The van der Waals surface area contributed by atoms with Crippen molar-refractivity contribution in [2.24, 2.45) is 0 Å². The Hall–Kier alpha value is -2.06. The minimum Gasteiger partial charge on any atom is -0.340 e. The molecule has 0 aliphatic heterocycles. The second-order valence-corrected chi connectivity index (χ2v) is 11.6. The predicted octanol–water partition coefficient (Wildman–Crippen LogP) is 9.37. The van der Waals surface area contributed by atoms with Crippen LogP contribution in [-0.2, 0) is 13.1 Å². The molecule has 0 spiro atoms. The predicted molar refractivity (Wildman–Crippen MR) is 163 cm³/mol. The van der Waals surface area contributed by atoms with Crippen LogP contribution < -0.4 is 0 Å². The van der Waals surface area contributed by atoms with Gasteiger partial charge < -0.3 is 9.13 Å². The maximum absolute atomic E-state index is 2.52. The van der Waals surface area contributed by atoms with Crippen LogP contribution in [0.25, 0.3) is 43.6 Å². The van der Waals surface area contributed by atoms with Crippen LogP contribution in [0.15, 0.2) is 84.9 Å². The van der Waals surface area contributed by atoms with Crippen molar-refractivity contribution in [2.45, 2.75) is 38.8 Å². The van der Waals surface area contributed by atoms with Crippen LogP contribution in [0.5, 0.6) is 0 Å². The smallest absolute Gasteiger partial charge is 0.0492 e. The van der Waals surface area contributed by atoms with E-state index in [-0.39, 0.29) is 0 Å². The number of rotatable bonds is 7. The number of aryl methyl sites for hydroxylation is 2. The number of para-hydroxylation sites is 2. The van der Waals surface area contributed by atoms with Gasteiger partial charge >= 0.3 is 0 Å². The summed E-state index contributed by atoms with van der Waals surface area (Å²) in [5, 5.41) is 5.50. The molecule has 4 aromatic carbocycles. The lowest BCUT2D eigenvalue weighted by Crippen LogP contribution is -2.00. The minimum atomic E-state index is 1.08. The van der Waals surface area contributed by atoms with E-state index in [1.54, 1.807) is 0 Å². The number of hydrogen-bond donors (Lipinski definition) is 0.